The lowest BCUT2D eigenvalue weighted by molar-refractivity contribution is 0.253. The van der Waals surface area contributed by atoms with Crippen LogP contribution in [0.3, 0.4) is 0 Å². The first-order valence-corrected chi connectivity index (χ1v) is 6.48. The van der Waals surface area contributed by atoms with E-state index in [1.165, 1.54) is 6.39 Å². The lowest BCUT2D eigenvalue weighted by atomic mass is 10.2. The third-order valence-corrected chi connectivity index (χ3v) is 2.89. The first-order valence-electron chi connectivity index (χ1n) is 5.68. The van der Waals surface area contributed by atoms with Gasteiger partial charge in [-0.25, -0.2) is 0 Å². The zero-order valence-corrected chi connectivity index (χ0v) is 11.9. The zero-order valence-electron chi connectivity index (χ0n) is 10.3. The molecule has 102 valence electrons. The monoisotopic (exact) mass is 328 g/mol. The minimum atomic E-state index is -0.0657. The van der Waals surface area contributed by atoms with Gasteiger partial charge in [0.1, 0.15) is 0 Å². The Hall–Kier alpha value is -1.60. The van der Waals surface area contributed by atoms with Crippen molar-refractivity contribution in [2.24, 2.45) is 0 Å². The molecule has 19 heavy (non-hydrogen) atoms. The van der Waals surface area contributed by atoms with Crippen molar-refractivity contribution in [3.63, 3.8) is 0 Å². The van der Waals surface area contributed by atoms with Crippen LogP contribution in [-0.2, 0) is 13.2 Å². The Kier molecular flexibility index (Phi) is 4.75. The van der Waals surface area contributed by atoms with Crippen LogP contribution in [0.5, 0.6) is 11.5 Å². The van der Waals surface area contributed by atoms with E-state index in [-0.39, 0.29) is 13.2 Å². The van der Waals surface area contributed by atoms with Crippen molar-refractivity contribution in [2.45, 2.75) is 20.1 Å². The van der Waals surface area contributed by atoms with Crippen LogP contribution in [0.1, 0.15) is 18.3 Å². The molecule has 0 bridgehead atoms. The molecule has 1 aromatic carbocycles. The largest absolute Gasteiger partial charge is 0.490 e. The second-order valence-electron chi connectivity index (χ2n) is 3.63. The molecule has 0 fully saturated rings. The summed E-state index contributed by atoms with van der Waals surface area (Å²) in [5.41, 5.74) is 0.738. The average molecular weight is 329 g/mol. The number of ether oxygens (including phenoxy) is 2. The molecule has 0 atom stereocenters. The minimum absolute atomic E-state index is 0.0657. The normalized spacial score (nSPS) is 10.5. The summed E-state index contributed by atoms with van der Waals surface area (Å²) in [5, 5.41) is 12.8. The predicted molar refractivity (Wildman–Crippen MR) is 69.9 cm³/mol. The van der Waals surface area contributed by atoms with E-state index in [2.05, 4.69) is 30.6 Å². The van der Waals surface area contributed by atoms with E-state index in [9.17, 15) is 5.11 Å². The highest BCUT2D eigenvalue weighted by Crippen LogP contribution is 2.37. The number of nitrogens with zero attached hydrogens (tertiary/aromatic N) is 2. The summed E-state index contributed by atoms with van der Waals surface area (Å²) in [5.74, 6) is 1.55. The molecule has 0 saturated carbocycles. The maximum absolute atomic E-state index is 9.18. The van der Waals surface area contributed by atoms with Gasteiger partial charge in [0.2, 0.25) is 12.2 Å². The Morgan fingerprint density at radius 2 is 2.21 bits per heavy atom. The van der Waals surface area contributed by atoms with Crippen LogP contribution in [0.25, 0.3) is 0 Å². The molecule has 2 rings (SSSR count). The van der Waals surface area contributed by atoms with Gasteiger partial charge in [-0.3, -0.25) is 0 Å². The molecule has 0 radical (unpaired) electrons. The van der Waals surface area contributed by atoms with Crippen LogP contribution in [0.15, 0.2) is 27.5 Å². The Morgan fingerprint density at radius 1 is 1.37 bits per heavy atom. The van der Waals surface area contributed by atoms with Crippen molar-refractivity contribution in [1.29, 1.82) is 0 Å². The Balaban J connectivity index is 2.21. The van der Waals surface area contributed by atoms with Gasteiger partial charge in [0, 0.05) is 0 Å². The summed E-state index contributed by atoms with van der Waals surface area (Å²) in [4.78, 5) is 3.87. The van der Waals surface area contributed by atoms with E-state index in [1.807, 2.05) is 6.92 Å². The molecule has 6 nitrogen and oxygen atoms in total. The third kappa shape index (κ3) is 3.45. The highest BCUT2D eigenvalue weighted by atomic mass is 79.9. The van der Waals surface area contributed by atoms with E-state index in [1.54, 1.807) is 12.1 Å². The Labute approximate surface area is 118 Å². The molecule has 7 heteroatoms. The summed E-state index contributed by atoms with van der Waals surface area (Å²) in [6.07, 6.45) is 1.24. The summed E-state index contributed by atoms with van der Waals surface area (Å²) in [6, 6.07) is 3.51. The fourth-order valence-electron chi connectivity index (χ4n) is 1.51. The van der Waals surface area contributed by atoms with Crippen molar-refractivity contribution in [3.05, 3.63) is 34.4 Å². The molecular formula is C12H13BrN2O4. The molecule has 1 aromatic heterocycles. The highest BCUT2D eigenvalue weighted by molar-refractivity contribution is 9.10. The molecule has 0 saturated heterocycles. The smallest absolute Gasteiger partial charge is 0.213 e. The Bertz CT molecular complexity index is 531. The van der Waals surface area contributed by atoms with E-state index in [0.717, 1.165) is 5.56 Å². The topological polar surface area (TPSA) is 77.6 Å². The summed E-state index contributed by atoms with van der Waals surface area (Å²) >= 11 is 3.39. The maximum atomic E-state index is 9.18. The van der Waals surface area contributed by atoms with Gasteiger partial charge >= 0.3 is 0 Å². The molecule has 0 aliphatic heterocycles. The molecule has 0 unspecified atom stereocenters. The lowest BCUT2D eigenvalue weighted by Crippen LogP contribution is -2.02. The molecule has 1 N–H and O–H groups in total. The maximum Gasteiger partial charge on any atom is 0.213 e. The zero-order chi connectivity index (χ0) is 13.7. The number of hydrogen-bond donors (Lipinski definition) is 1. The number of aliphatic hydroxyl groups excluding tert-OH is 1. The number of aliphatic hydroxyl groups is 1. The number of aromatic nitrogens is 2. The summed E-state index contributed by atoms with van der Waals surface area (Å²) in [7, 11) is 0. The number of benzene rings is 1. The molecule has 2 aromatic rings. The SMILES string of the molecule is CCOc1cc(CO)cc(Br)c1OCc1ncon1. The molecule has 0 aliphatic carbocycles. The number of hydrogen-bond acceptors (Lipinski definition) is 6. The second-order valence-corrected chi connectivity index (χ2v) is 4.49. The summed E-state index contributed by atoms with van der Waals surface area (Å²) in [6.45, 7) is 2.49. The quantitative estimate of drug-likeness (QED) is 0.876. The van der Waals surface area contributed by atoms with Crippen LogP contribution in [0.4, 0.5) is 0 Å². The number of halogens is 1. The fraction of sp³-hybridized carbons (Fsp3) is 0.333. The standard InChI is InChI=1S/C12H13BrN2O4/c1-2-17-10-4-8(5-16)3-9(13)12(10)18-6-11-14-7-19-15-11/h3-4,7,16H,2,5-6H2,1H3. The van der Waals surface area contributed by atoms with Crippen molar-refractivity contribution in [1.82, 2.24) is 10.1 Å². The van der Waals surface area contributed by atoms with Crippen molar-refractivity contribution < 1.29 is 19.1 Å². The van der Waals surface area contributed by atoms with Gasteiger partial charge < -0.3 is 19.1 Å². The van der Waals surface area contributed by atoms with Crippen molar-refractivity contribution >= 4 is 15.9 Å². The fourth-order valence-corrected chi connectivity index (χ4v) is 2.11. The first-order chi connectivity index (χ1) is 9.24. The first kappa shape index (κ1) is 13.8. The van der Waals surface area contributed by atoms with Gasteiger partial charge in [0.25, 0.3) is 0 Å². The predicted octanol–water partition coefficient (Wildman–Crippen LogP) is 2.30. The lowest BCUT2D eigenvalue weighted by Gasteiger charge is -2.14. The van der Waals surface area contributed by atoms with Crippen molar-refractivity contribution in [2.75, 3.05) is 6.61 Å². The van der Waals surface area contributed by atoms with E-state index >= 15 is 0 Å². The average Bonchev–Trinajstić information content (AvgIpc) is 2.91. The summed E-state index contributed by atoms with van der Waals surface area (Å²) < 4.78 is 16.5. The third-order valence-electron chi connectivity index (χ3n) is 2.30. The van der Waals surface area contributed by atoms with Gasteiger partial charge in [-0.05, 0) is 40.5 Å². The van der Waals surface area contributed by atoms with E-state index in [4.69, 9.17) is 9.47 Å². The minimum Gasteiger partial charge on any atom is -0.490 e. The molecule has 0 aliphatic rings. The molecule has 0 amide bonds. The second kappa shape index (κ2) is 6.53. The van der Waals surface area contributed by atoms with Crippen LogP contribution in [0, 0.1) is 0 Å². The van der Waals surface area contributed by atoms with Gasteiger partial charge in [-0.15, -0.1) is 0 Å². The van der Waals surface area contributed by atoms with Gasteiger partial charge in [0.05, 0.1) is 17.7 Å². The molecular weight excluding hydrogens is 316 g/mol. The van der Waals surface area contributed by atoms with E-state index < -0.39 is 0 Å². The van der Waals surface area contributed by atoms with Crippen molar-refractivity contribution in [3.8, 4) is 11.5 Å². The van der Waals surface area contributed by atoms with Gasteiger partial charge in [0.15, 0.2) is 18.1 Å². The van der Waals surface area contributed by atoms with Crippen LogP contribution in [0.2, 0.25) is 0 Å². The van der Waals surface area contributed by atoms with Crippen LogP contribution >= 0.6 is 15.9 Å². The Morgan fingerprint density at radius 3 is 2.84 bits per heavy atom. The van der Waals surface area contributed by atoms with Gasteiger partial charge in [-0.1, -0.05) is 5.16 Å². The molecule has 0 spiro atoms. The highest BCUT2D eigenvalue weighted by Gasteiger charge is 2.13. The van der Waals surface area contributed by atoms with Crippen LogP contribution < -0.4 is 9.47 Å². The van der Waals surface area contributed by atoms with E-state index in [0.29, 0.717) is 28.4 Å². The van der Waals surface area contributed by atoms with Gasteiger partial charge in [-0.2, -0.15) is 4.98 Å². The number of rotatable bonds is 6. The molecule has 1 heterocycles. The van der Waals surface area contributed by atoms with Crippen LogP contribution in [-0.4, -0.2) is 21.9 Å².